The van der Waals surface area contributed by atoms with Crippen molar-refractivity contribution in [3.05, 3.63) is 0 Å². The first kappa shape index (κ1) is 14.6. The predicted molar refractivity (Wildman–Crippen MR) is 76.2 cm³/mol. The molecule has 0 spiro atoms. The van der Waals surface area contributed by atoms with Gasteiger partial charge in [0.2, 0.25) is 0 Å². The maximum atomic E-state index is 12.5. The van der Waals surface area contributed by atoms with Crippen molar-refractivity contribution in [2.45, 2.75) is 71.1 Å². The van der Waals surface area contributed by atoms with E-state index in [-0.39, 0.29) is 6.09 Å². The van der Waals surface area contributed by atoms with Crippen LogP contribution in [-0.2, 0) is 4.74 Å². The fourth-order valence-electron chi connectivity index (χ4n) is 2.97. The van der Waals surface area contributed by atoms with Crippen LogP contribution >= 0.6 is 0 Å². The first-order valence-corrected chi connectivity index (χ1v) is 7.64. The van der Waals surface area contributed by atoms with Crippen LogP contribution in [0, 0.1) is 5.92 Å². The van der Waals surface area contributed by atoms with E-state index < -0.39 is 5.60 Å². The molecular formula is C15H28N2O2. The molecule has 110 valence electrons. The van der Waals surface area contributed by atoms with E-state index in [1.807, 2.05) is 20.8 Å². The molecule has 0 unspecified atom stereocenters. The zero-order valence-electron chi connectivity index (χ0n) is 12.7. The molecule has 1 aliphatic heterocycles. The van der Waals surface area contributed by atoms with Crippen LogP contribution in [0.25, 0.3) is 0 Å². The SMILES string of the molecule is CC[C@@H]1C[C@H]1N(C(=O)OC(C)(C)C)C1CCNCC1. The summed E-state index contributed by atoms with van der Waals surface area (Å²) in [6, 6.07) is 0.778. The Morgan fingerprint density at radius 2 is 1.95 bits per heavy atom. The molecule has 1 N–H and O–H groups in total. The van der Waals surface area contributed by atoms with Crippen molar-refractivity contribution in [2.24, 2.45) is 5.92 Å². The second kappa shape index (κ2) is 5.70. The molecule has 2 atom stereocenters. The van der Waals surface area contributed by atoms with Crippen molar-refractivity contribution < 1.29 is 9.53 Å². The number of rotatable bonds is 3. The molecule has 0 aromatic carbocycles. The average Bonchev–Trinajstić information content (AvgIpc) is 3.07. The minimum atomic E-state index is -0.404. The molecule has 1 saturated carbocycles. The quantitative estimate of drug-likeness (QED) is 0.855. The topological polar surface area (TPSA) is 41.6 Å². The van der Waals surface area contributed by atoms with E-state index in [0.717, 1.165) is 38.8 Å². The lowest BCUT2D eigenvalue weighted by Gasteiger charge is -2.36. The van der Waals surface area contributed by atoms with Gasteiger partial charge in [0.1, 0.15) is 5.60 Å². The van der Waals surface area contributed by atoms with Crippen molar-refractivity contribution >= 4 is 6.09 Å². The molecule has 0 bridgehead atoms. The molecular weight excluding hydrogens is 240 g/mol. The van der Waals surface area contributed by atoms with E-state index in [9.17, 15) is 4.79 Å². The molecule has 1 heterocycles. The Kier molecular flexibility index (Phi) is 4.39. The molecule has 0 radical (unpaired) electrons. The molecule has 4 heteroatoms. The van der Waals surface area contributed by atoms with Gasteiger partial charge in [-0.05, 0) is 59.0 Å². The molecule has 1 saturated heterocycles. The summed E-state index contributed by atoms with van der Waals surface area (Å²) in [5, 5.41) is 3.36. The van der Waals surface area contributed by atoms with Crippen LogP contribution in [0.5, 0.6) is 0 Å². The molecule has 1 aliphatic carbocycles. The van der Waals surface area contributed by atoms with Gasteiger partial charge in [0.05, 0.1) is 0 Å². The van der Waals surface area contributed by atoms with Gasteiger partial charge in [-0.3, -0.25) is 0 Å². The Morgan fingerprint density at radius 3 is 2.42 bits per heavy atom. The van der Waals surface area contributed by atoms with Crippen LogP contribution in [0.1, 0.15) is 53.4 Å². The number of hydrogen-bond acceptors (Lipinski definition) is 3. The lowest BCUT2D eigenvalue weighted by Crippen LogP contribution is -2.49. The van der Waals surface area contributed by atoms with Gasteiger partial charge in [-0.15, -0.1) is 0 Å². The number of ether oxygens (including phenoxy) is 1. The van der Waals surface area contributed by atoms with Crippen LogP contribution in [0.15, 0.2) is 0 Å². The molecule has 1 amide bonds. The van der Waals surface area contributed by atoms with Crippen LogP contribution in [0.3, 0.4) is 0 Å². The minimum absolute atomic E-state index is 0.111. The third kappa shape index (κ3) is 3.85. The Morgan fingerprint density at radius 1 is 1.32 bits per heavy atom. The number of piperidine rings is 1. The number of nitrogens with zero attached hydrogens (tertiary/aromatic N) is 1. The summed E-state index contributed by atoms with van der Waals surface area (Å²) < 4.78 is 5.61. The van der Waals surface area contributed by atoms with E-state index in [1.54, 1.807) is 0 Å². The van der Waals surface area contributed by atoms with Gasteiger partial charge in [0.15, 0.2) is 0 Å². The zero-order chi connectivity index (χ0) is 14.0. The molecule has 2 rings (SSSR count). The lowest BCUT2D eigenvalue weighted by molar-refractivity contribution is 0.00936. The van der Waals surface area contributed by atoms with Crippen molar-refractivity contribution in [1.82, 2.24) is 10.2 Å². The highest BCUT2D eigenvalue weighted by Gasteiger charge is 2.46. The molecule has 19 heavy (non-hydrogen) atoms. The number of nitrogens with one attached hydrogen (secondary N) is 1. The fourth-order valence-corrected chi connectivity index (χ4v) is 2.97. The van der Waals surface area contributed by atoms with E-state index in [1.165, 1.54) is 0 Å². The zero-order valence-corrected chi connectivity index (χ0v) is 12.7. The van der Waals surface area contributed by atoms with Crippen LogP contribution in [-0.4, -0.2) is 41.8 Å². The Hall–Kier alpha value is -0.770. The molecule has 2 aliphatic rings. The number of hydrogen-bond donors (Lipinski definition) is 1. The first-order valence-electron chi connectivity index (χ1n) is 7.64. The highest BCUT2D eigenvalue weighted by molar-refractivity contribution is 5.69. The standard InChI is InChI=1S/C15H28N2O2/c1-5-11-10-13(11)17(12-6-8-16-9-7-12)14(18)19-15(2,3)4/h11-13,16H,5-10H2,1-4H3/t11-,13-/m1/s1. The Balaban J connectivity index is 2.03. The van der Waals surface area contributed by atoms with E-state index in [2.05, 4.69) is 17.1 Å². The highest BCUT2D eigenvalue weighted by atomic mass is 16.6. The maximum Gasteiger partial charge on any atom is 0.410 e. The summed E-state index contributed by atoms with van der Waals surface area (Å²) in [6.07, 6.45) is 4.30. The van der Waals surface area contributed by atoms with Crippen LogP contribution < -0.4 is 5.32 Å². The van der Waals surface area contributed by atoms with Gasteiger partial charge in [-0.25, -0.2) is 4.79 Å². The summed E-state index contributed by atoms with van der Waals surface area (Å²) >= 11 is 0. The van der Waals surface area contributed by atoms with Gasteiger partial charge in [-0.2, -0.15) is 0 Å². The smallest absolute Gasteiger partial charge is 0.410 e. The van der Waals surface area contributed by atoms with Gasteiger partial charge < -0.3 is 15.0 Å². The Labute approximate surface area is 116 Å². The molecule has 2 fully saturated rings. The largest absolute Gasteiger partial charge is 0.444 e. The van der Waals surface area contributed by atoms with Crippen LogP contribution in [0.4, 0.5) is 4.79 Å². The number of amides is 1. The van der Waals surface area contributed by atoms with E-state index in [4.69, 9.17) is 4.74 Å². The first-order chi connectivity index (χ1) is 8.92. The van der Waals surface area contributed by atoms with Gasteiger partial charge in [-0.1, -0.05) is 13.3 Å². The van der Waals surface area contributed by atoms with Gasteiger partial charge >= 0.3 is 6.09 Å². The fraction of sp³-hybridized carbons (Fsp3) is 0.933. The maximum absolute atomic E-state index is 12.5. The summed E-state index contributed by atoms with van der Waals surface area (Å²) in [5.41, 5.74) is -0.404. The molecule has 0 aromatic heterocycles. The number of carbonyl (C=O) groups excluding carboxylic acids is 1. The lowest BCUT2D eigenvalue weighted by atomic mass is 10.0. The van der Waals surface area contributed by atoms with Crippen molar-refractivity contribution in [1.29, 1.82) is 0 Å². The van der Waals surface area contributed by atoms with E-state index >= 15 is 0 Å². The van der Waals surface area contributed by atoms with Crippen molar-refractivity contribution in [3.8, 4) is 0 Å². The van der Waals surface area contributed by atoms with Crippen molar-refractivity contribution in [3.63, 3.8) is 0 Å². The normalized spacial score (nSPS) is 28.0. The summed E-state index contributed by atoms with van der Waals surface area (Å²) in [6.45, 7) is 10.0. The average molecular weight is 268 g/mol. The number of carbonyl (C=O) groups is 1. The van der Waals surface area contributed by atoms with Crippen LogP contribution in [0.2, 0.25) is 0 Å². The van der Waals surface area contributed by atoms with Crippen molar-refractivity contribution in [2.75, 3.05) is 13.1 Å². The third-order valence-corrected chi connectivity index (χ3v) is 4.07. The summed E-state index contributed by atoms with van der Waals surface area (Å²) in [5.74, 6) is 0.683. The second-order valence-corrected chi connectivity index (χ2v) is 6.84. The summed E-state index contributed by atoms with van der Waals surface area (Å²) in [4.78, 5) is 14.5. The predicted octanol–water partition coefficient (Wildman–Crippen LogP) is 2.77. The molecule has 0 aromatic rings. The molecule has 4 nitrogen and oxygen atoms in total. The highest BCUT2D eigenvalue weighted by Crippen LogP contribution is 2.41. The van der Waals surface area contributed by atoms with E-state index in [0.29, 0.717) is 18.0 Å². The van der Waals surface area contributed by atoms with Gasteiger partial charge in [0.25, 0.3) is 0 Å². The summed E-state index contributed by atoms with van der Waals surface area (Å²) in [7, 11) is 0. The monoisotopic (exact) mass is 268 g/mol. The Bertz CT molecular complexity index is 319. The third-order valence-electron chi connectivity index (χ3n) is 4.07. The van der Waals surface area contributed by atoms with Gasteiger partial charge in [0, 0.05) is 12.1 Å². The second-order valence-electron chi connectivity index (χ2n) is 6.84. The minimum Gasteiger partial charge on any atom is -0.444 e.